The number of sulfonamides is 1. The van der Waals surface area contributed by atoms with Crippen molar-refractivity contribution in [2.75, 3.05) is 11.9 Å². The minimum Gasteiger partial charge on any atom is -0.324 e. The molecule has 156 valence electrons. The van der Waals surface area contributed by atoms with E-state index in [2.05, 4.69) is 5.32 Å². The molecule has 0 fully saturated rings. The fourth-order valence-corrected chi connectivity index (χ4v) is 4.43. The van der Waals surface area contributed by atoms with Gasteiger partial charge in [-0.05, 0) is 48.0 Å². The van der Waals surface area contributed by atoms with E-state index >= 15 is 0 Å². The number of hydrogen-bond donors (Lipinski definition) is 1. The van der Waals surface area contributed by atoms with E-state index in [1.807, 2.05) is 0 Å². The minimum atomic E-state index is -4.07. The van der Waals surface area contributed by atoms with Crippen LogP contribution in [0.1, 0.15) is 5.56 Å². The average Bonchev–Trinajstić information content (AvgIpc) is 2.71. The largest absolute Gasteiger partial charge is 0.324 e. The third-order valence-corrected chi connectivity index (χ3v) is 6.55. The molecule has 0 atom stereocenters. The maximum atomic E-state index is 13.2. The van der Waals surface area contributed by atoms with Crippen LogP contribution < -0.4 is 5.32 Å². The monoisotopic (exact) mass is 466 g/mol. The third kappa shape index (κ3) is 5.58. The molecular formula is C21H17Cl2FN2O3S. The summed E-state index contributed by atoms with van der Waals surface area (Å²) in [5.74, 6) is -1.15. The Hall–Kier alpha value is -2.45. The fourth-order valence-electron chi connectivity index (χ4n) is 2.71. The second kappa shape index (κ2) is 9.57. The summed E-state index contributed by atoms with van der Waals surface area (Å²) >= 11 is 12.0. The van der Waals surface area contributed by atoms with Gasteiger partial charge in [-0.25, -0.2) is 12.8 Å². The Kier molecular flexibility index (Phi) is 7.10. The quantitative estimate of drug-likeness (QED) is 0.534. The molecule has 3 rings (SSSR count). The molecule has 3 aromatic carbocycles. The van der Waals surface area contributed by atoms with Crippen molar-refractivity contribution in [3.05, 3.63) is 94.2 Å². The molecule has 0 saturated carbocycles. The van der Waals surface area contributed by atoms with Crippen molar-refractivity contribution in [1.82, 2.24) is 4.31 Å². The first-order valence-corrected chi connectivity index (χ1v) is 11.0. The lowest BCUT2D eigenvalue weighted by Gasteiger charge is -2.22. The van der Waals surface area contributed by atoms with Crippen molar-refractivity contribution in [2.45, 2.75) is 11.4 Å². The lowest BCUT2D eigenvalue weighted by molar-refractivity contribution is -0.116. The minimum absolute atomic E-state index is 0.0444. The van der Waals surface area contributed by atoms with Crippen LogP contribution in [0.5, 0.6) is 0 Å². The van der Waals surface area contributed by atoms with Crippen LogP contribution in [0.2, 0.25) is 10.0 Å². The summed E-state index contributed by atoms with van der Waals surface area (Å²) < 4.78 is 40.5. The first-order valence-electron chi connectivity index (χ1n) is 8.80. The summed E-state index contributed by atoms with van der Waals surface area (Å²) in [6.45, 7) is -0.519. The molecule has 0 aliphatic rings. The van der Waals surface area contributed by atoms with Crippen LogP contribution in [-0.4, -0.2) is 25.2 Å². The van der Waals surface area contributed by atoms with E-state index in [-0.39, 0.29) is 22.2 Å². The van der Waals surface area contributed by atoms with Crippen molar-refractivity contribution >= 4 is 44.8 Å². The van der Waals surface area contributed by atoms with Gasteiger partial charge in [-0.1, -0.05) is 53.5 Å². The molecule has 1 N–H and O–H groups in total. The zero-order valence-corrected chi connectivity index (χ0v) is 17.9. The van der Waals surface area contributed by atoms with Gasteiger partial charge in [0.1, 0.15) is 5.82 Å². The van der Waals surface area contributed by atoms with Crippen LogP contribution in [-0.2, 0) is 21.4 Å². The second-order valence-electron chi connectivity index (χ2n) is 6.38. The van der Waals surface area contributed by atoms with Gasteiger partial charge in [0.2, 0.25) is 15.9 Å². The molecule has 0 aliphatic heterocycles. The molecule has 0 saturated heterocycles. The molecule has 1 amide bonds. The number of amides is 1. The Bertz CT molecular complexity index is 1140. The maximum Gasteiger partial charge on any atom is 0.243 e. The molecule has 0 aromatic heterocycles. The molecule has 5 nitrogen and oxygen atoms in total. The molecule has 0 spiro atoms. The van der Waals surface area contributed by atoms with Gasteiger partial charge in [-0.2, -0.15) is 4.31 Å². The summed E-state index contributed by atoms with van der Waals surface area (Å²) in [6.07, 6.45) is 0. The van der Waals surface area contributed by atoms with E-state index in [4.69, 9.17) is 23.2 Å². The summed E-state index contributed by atoms with van der Waals surface area (Å²) in [5.41, 5.74) is 0.963. The van der Waals surface area contributed by atoms with Gasteiger partial charge >= 0.3 is 0 Å². The molecule has 3 aromatic rings. The Morgan fingerprint density at radius 2 is 1.63 bits per heavy atom. The number of nitrogens with one attached hydrogen (secondary N) is 1. The number of halogens is 3. The number of rotatable bonds is 7. The Morgan fingerprint density at radius 3 is 2.30 bits per heavy atom. The number of carbonyl (C=O) groups is 1. The Labute approximate surface area is 184 Å². The van der Waals surface area contributed by atoms with E-state index in [1.54, 1.807) is 36.4 Å². The smallest absolute Gasteiger partial charge is 0.243 e. The maximum absolute atomic E-state index is 13.2. The van der Waals surface area contributed by atoms with Crippen molar-refractivity contribution in [3.8, 4) is 0 Å². The van der Waals surface area contributed by atoms with Crippen LogP contribution in [0.3, 0.4) is 0 Å². The molecule has 0 unspecified atom stereocenters. The topological polar surface area (TPSA) is 66.5 Å². The van der Waals surface area contributed by atoms with Crippen molar-refractivity contribution in [1.29, 1.82) is 0 Å². The number of benzene rings is 3. The van der Waals surface area contributed by atoms with Crippen LogP contribution in [0.4, 0.5) is 10.1 Å². The van der Waals surface area contributed by atoms with Gasteiger partial charge in [0.15, 0.2) is 0 Å². The molecular weight excluding hydrogens is 450 g/mol. The lowest BCUT2D eigenvalue weighted by Crippen LogP contribution is -2.37. The highest BCUT2D eigenvalue weighted by Gasteiger charge is 2.27. The van der Waals surface area contributed by atoms with Gasteiger partial charge in [-0.15, -0.1) is 0 Å². The first kappa shape index (κ1) is 22.2. The second-order valence-corrected chi connectivity index (χ2v) is 9.17. The highest BCUT2D eigenvalue weighted by molar-refractivity contribution is 7.89. The van der Waals surface area contributed by atoms with Crippen LogP contribution >= 0.6 is 23.2 Å². The van der Waals surface area contributed by atoms with Crippen molar-refractivity contribution < 1.29 is 17.6 Å². The molecule has 9 heteroatoms. The number of carbonyl (C=O) groups excluding carboxylic acids is 1. The van der Waals surface area contributed by atoms with E-state index in [0.29, 0.717) is 10.6 Å². The predicted molar refractivity (Wildman–Crippen MR) is 116 cm³/mol. The van der Waals surface area contributed by atoms with E-state index < -0.39 is 28.3 Å². The van der Waals surface area contributed by atoms with Gasteiger partial charge in [-0.3, -0.25) is 4.79 Å². The summed E-state index contributed by atoms with van der Waals surface area (Å²) in [5, 5.41) is 3.22. The third-order valence-electron chi connectivity index (χ3n) is 4.18. The zero-order chi connectivity index (χ0) is 21.7. The van der Waals surface area contributed by atoms with Gasteiger partial charge in [0, 0.05) is 11.6 Å². The Morgan fingerprint density at radius 1 is 0.967 bits per heavy atom. The van der Waals surface area contributed by atoms with Gasteiger partial charge in [0.25, 0.3) is 0 Å². The molecule has 0 bridgehead atoms. The Balaban J connectivity index is 1.88. The van der Waals surface area contributed by atoms with E-state index in [0.717, 1.165) is 28.6 Å². The molecule has 0 heterocycles. The number of hydrogen-bond acceptors (Lipinski definition) is 3. The standard InChI is InChI=1S/C21H17Cl2FN2O3S/c22-16-6-11-19(23)20(12-16)25-21(27)14-26(13-15-4-2-1-3-5-15)30(28,29)18-9-7-17(24)8-10-18/h1-12H,13-14H2,(H,25,27). The first-order chi connectivity index (χ1) is 14.3. The molecule has 0 radical (unpaired) electrons. The number of nitrogens with zero attached hydrogens (tertiary/aromatic N) is 1. The fraction of sp³-hybridized carbons (Fsp3) is 0.0952. The van der Waals surface area contributed by atoms with Crippen LogP contribution in [0.25, 0.3) is 0 Å². The van der Waals surface area contributed by atoms with Crippen molar-refractivity contribution in [2.24, 2.45) is 0 Å². The lowest BCUT2D eigenvalue weighted by atomic mass is 10.2. The van der Waals surface area contributed by atoms with Crippen molar-refractivity contribution in [3.63, 3.8) is 0 Å². The zero-order valence-electron chi connectivity index (χ0n) is 15.6. The predicted octanol–water partition coefficient (Wildman–Crippen LogP) is 4.96. The normalized spacial score (nSPS) is 11.5. The summed E-state index contributed by atoms with van der Waals surface area (Å²) in [4.78, 5) is 12.5. The van der Waals surface area contributed by atoms with Gasteiger partial charge in [0.05, 0.1) is 22.2 Å². The molecule has 30 heavy (non-hydrogen) atoms. The van der Waals surface area contributed by atoms with Gasteiger partial charge < -0.3 is 5.32 Å². The van der Waals surface area contributed by atoms with E-state index in [1.165, 1.54) is 12.1 Å². The van der Waals surface area contributed by atoms with Crippen LogP contribution in [0, 0.1) is 5.82 Å². The summed E-state index contributed by atoms with van der Waals surface area (Å²) in [6, 6.07) is 17.8. The SMILES string of the molecule is O=C(CN(Cc1ccccc1)S(=O)(=O)c1ccc(F)cc1)Nc1cc(Cl)ccc1Cl. The molecule has 0 aliphatic carbocycles. The van der Waals surface area contributed by atoms with Crippen LogP contribution in [0.15, 0.2) is 77.7 Å². The summed E-state index contributed by atoms with van der Waals surface area (Å²) in [7, 11) is -4.07. The highest BCUT2D eigenvalue weighted by Crippen LogP contribution is 2.26. The average molecular weight is 467 g/mol. The van der Waals surface area contributed by atoms with E-state index in [9.17, 15) is 17.6 Å². The number of anilines is 1. The highest BCUT2D eigenvalue weighted by atomic mass is 35.5.